The zero-order valence-electron chi connectivity index (χ0n) is 12.2. The third-order valence-electron chi connectivity index (χ3n) is 4.15. The average Bonchev–Trinajstić information content (AvgIpc) is 2.48. The van der Waals surface area contributed by atoms with E-state index in [1.807, 2.05) is 12.3 Å². The van der Waals surface area contributed by atoms with Gasteiger partial charge < -0.3 is 10.2 Å². The lowest BCUT2D eigenvalue weighted by molar-refractivity contribution is 0.234. The zero-order chi connectivity index (χ0) is 13.8. The number of rotatable bonds is 4. The van der Waals surface area contributed by atoms with Gasteiger partial charge in [-0.05, 0) is 62.7 Å². The molecule has 3 rings (SSSR count). The second-order valence-electron chi connectivity index (χ2n) is 5.92. The molecule has 0 aliphatic carbocycles. The number of pyridine rings is 1. The van der Waals surface area contributed by atoms with Crippen LogP contribution in [0.15, 0.2) is 36.5 Å². The van der Waals surface area contributed by atoms with E-state index in [4.69, 9.17) is 0 Å². The number of hydrogen-bond acceptors (Lipinski definition) is 3. The molecule has 0 spiro atoms. The fourth-order valence-corrected chi connectivity index (χ4v) is 3.10. The molecule has 1 saturated heterocycles. The predicted molar refractivity (Wildman–Crippen MR) is 83.7 cm³/mol. The third-order valence-corrected chi connectivity index (χ3v) is 4.15. The van der Waals surface area contributed by atoms with Gasteiger partial charge in [0.2, 0.25) is 0 Å². The molecule has 0 atom stereocenters. The van der Waals surface area contributed by atoms with E-state index in [2.05, 4.69) is 46.5 Å². The molecule has 2 heterocycles. The first kappa shape index (κ1) is 13.5. The molecule has 1 N–H and O–H groups in total. The molecule has 1 aliphatic heterocycles. The van der Waals surface area contributed by atoms with Crippen molar-refractivity contribution in [3.05, 3.63) is 42.1 Å². The molecule has 106 valence electrons. The Labute approximate surface area is 121 Å². The van der Waals surface area contributed by atoms with Gasteiger partial charge in [0, 0.05) is 24.7 Å². The molecular weight excluding hydrogens is 246 g/mol. The number of nitrogens with zero attached hydrogens (tertiary/aromatic N) is 2. The molecular formula is C17H23N3. The van der Waals surface area contributed by atoms with Crippen molar-refractivity contribution in [3.63, 3.8) is 0 Å². The first-order valence-electron chi connectivity index (χ1n) is 7.54. The number of aromatic nitrogens is 1. The summed E-state index contributed by atoms with van der Waals surface area (Å²) in [5.74, 6) is 0.850. The standard InChI is InChI=1S/C17H23N3/c1-20(12-14-6-9-18-10-7-14)13-15-4-5-17-16(11-15)3-2-8-19-17/h2-5,8,11,14,18H,6-7,9-10,12-13H2,1H3. The monoisotopic (exact) mass is 269 g/mol. The number of fused-ring (bicyclic) bond motifs is 1. The molecule has 0 unspecified atom stereocenters. The third kappa shape index (κ3) is 3.35. The molecule has 1 fully saturated rings. The molecule has 1 aliphatic rings. The van der Waals surface area contributed by atoms with Gasteiger partial charge in [0.25, 0.3) is 0 Å². The highest BCUT2D eigenvalue weighted by Gasteiger charge is 2.15. The highest BCUT2D eigenvalue weighted by molar-refractivity contribution is 5.78. The quantitative estimate of drug-likeness (QED) is 0.925. The Hall–Kier alpha value is -1.45. The predicted octanol–water partition coefficient (Wildman–Crippen LogP) is 2.67. The molecule has 0 saturated carbocycles. The van der Waals surface area contributed by atoms with Crippen molar-refractivity contribution in [3.8, 4) is 0 Å². The Morgan fingerprint density at radius 1 is 1.25 bits per heavy atom. The van der Waals surface area contributed by atoms with Crippen molar-refractivity contribution in [2.75, 3.05) is 26.7 Å². The van der Waals surface area contributed by atoms with E-state index in [-0.39, 0.29) is 0 Å². The van der Waals surface area contributed by atoms with E-state index in [0.29, 0.717) is 0 Å². The second kappa shape index (κ2) is 6.33. The van der Waals surface area contributed by atoms with Crippen molar-refractivity contribution >= 4 is 10.9 Å². The van der Waals surface area contributed by atoms with E-state index in [1.54, 1.807) is 0 Å². The summed E-state index contributed by atoms with van der Waals surface area (Å²) in [5, 5.41) is 4.67. The Morgan fingerprint density at radius 3 is 2.95 bits per heavy atom. The molecule has 3 heteroatoms. The van der Waals surface area contributed by atoms with Crippen LogP contribution in [0, 0.1) is 5.92 Å². The van der Waals surface area contributed by atoms with Crippen LogP contribution >= 0.6 is 0 Å². The topological polar surface area (TPSA) is 28.2 Å². The highest BCUT2D eigenvalue weighted by Crippen LogP contribution is 2.17. The second-order valence-corrected chi connectivity index (χ2v) is 5.92. The molecule has 1 aromatic heterocycles. The Bertz CT molecular complexity index is 561. The van der Waals surface area contributed by atoms with Crippen LogP contribution in [0.5, 0.6) is 0 Å². The van der Waals surface area contributed by atoms with Crippen LogP contribution in [-0.4, -0.2) is 36.6 Å². The molecule has 0 bridgehead atoms. The van der Waals surface area contributed by atoms with E-state index in [9.17, 15) is 0 Å². The van der Waals surface area contributed by atoms with Gasteiger partial charge in [-0.3, -0.25) is 4.98 Å². The van der Waals surface area contributed by atoms with Crippen molar-refractivity contribution in [2.24, 2.45) is 5.92 Å². The van der Waals surface area contributed by atoms with Crippen LogP contribution in [0.2, 0.25) is 0 Å². The average molecular weight is 269 g/mol. The van der Waals surface area contributed by atoms with Crippen LogP contribution in [0.1, 0.15) is 18.4 Å². The zero-order valence-corrected chi connectivity index (χ0v) is 12.2. The van der Waals surface area contributed by atoms with Crippen molar-refractivity contribution < 1.29 is 0 Å². The minimum Gasteiger partial charge on any atom is -0.317 e. The Kier molecular flexibility index (Phi) is 4.28. The first-order valence-corrected chi connectivity index (χ1v) is 7.54. The minimum absolute atomic E-state index is 0.850. The summed E-state index contributed by atoms with van der Waals surface area (Å²) in [6.45, 7) is 4.59. The van der Waals surface area contributed by atoms with E-state index in [0.717, 1.165) is 18.0 Å². The largest absolute Gasteiger partial charge is 0.317 e. The normalized spacial score (nSPS) is 16.9. The SMILES string of the molecule is CN(Cc1ccc2ncccc2c1)CC1CCNCC1. The van der Waals surface area contributed by atoms with E-state index < -0.39 is 0 Å². The van der Waals surface area contributed by atoms with Crippen LogP contribution in [0.3, 0.4) is 0 Å². The summed E-state index contributed by atoms with van der Waals surface area (Å²) < 4.78 is 0. The molecule has 3 nitrogen and oxygen atoms in total. The van der Waals surface area contributed by atoms with Gasteiger partial charge in [-0.2, -0.15) is 0 Å². The van der Waals surface area contributed by atoms with Gasteiger partial charge in [-0.15, -0.1) is 0 Å². The summed E-state index contributed by atoms with van der Waals surface area (Å²) in [4.78, 5) is 6.83. The van der Waals surface area contributed by atoms with Gasteiger partial charge >= 0.3 is 0 Å². The maximum atomic E-state index is 4.37. The van der Waals surface area contributed by atoms with Crippen LogP contribution in [0.25, 0.3) is 10.9 Å². The summed E-state index contributed by atoms with van der Waals surface area (Å²) in [7, 11) is 2.23. The van der Waals surface area contributed by atoms with E-state index >= 15 is 0 Å². The lowest BCUT2D eigenvalue weighted by atomic mass is 9.97. The van der Waals surface area contributed by atoms with Gasteiger partial charge in [0.15, 0.2) is 0 Å². The van der Waals surface area contributed by atoms with Gasteiger partial charge in [-0.1, -0.05) is 12.1 Å². The van der Waals surface area contributed by atoms with Crippen molar-refractivity contribution in [1.82, 2.24) is 15.2 Å². The fourth-order valence-electron chi connectivity index (χ4n) is 3.10. The summed E-state index contributed by atoms with van der Waals surface area (Å²) in [6.07, 6.45) is 4.48. The van der Waals surface area contributed by atoms with Crippen LogP contribution in [-0.2, 0) is 6.54 Å². The van der Waals surface area contributed by atoms with Gasteiger partial charge in [0.05, 0.1) is 5.52 Å². The summed E-state index contributed by atoms with van der Waals surface area (Å²) in [5.41, 5.74) is 2.46. The molecule has 0 radical (unpaired) electrons. The molecule has 2 aromatic rings. The smallest absolute Gasteiger partial charge is 0.0702 e. The minimum atomic E-state index is 0.850. The fraction of sp³-hybridized carbons (Fsp3) is 0.471. The number of piperidine rings is 1. The highest BCUT2D eigenvalue weighted by atomic mass is 15.1. The Balaban J connectivity index is 1.62. The maximum absolute atomic E-state index is 4.37. The van der Waals surface area contributed by atoms with Gasteiger partial charge in [0.1, 0.15) is 0 Å². The number of hydrogen-bond donors (Lipinski definition) is 1. The van der Waals surface area contributed by atoms with Crippen molar-refractivity contribution in [2.45, 2.75) is 19.4 Å². The van der Waals surface area contributed by atoms with Crippen molar-refractivity contribution in [1.29, 1.82) is 0 Å². The first-order chi connectivity index (χ1) is 9.81. The van der Waals surface area contributed by atoms with Gasteiger partial charge in [-0.25, -0.2) is 0 Å². The molecule has 0 amide bonds. The maximum Gasteiger partial charge on any atom is 0.0702 e. The Morgan fingerprint density at radius 2 is 2.10 bits per heavy atom. The molecule has 20 heavy (non-hydrogen) atoms. The number of nitrogens with one attached hydrogen (secondary N) is 1. The van der Waals surface area contributed by atoms with Crippen LogP contribution < -0.4 is 5.32 Å². The summed E-state index contributed by atoms with van der Waals surface area (Å²) in [6, 6.07) is 10.7. The van der Waals surface area contributed by atoms with E-state index in [1.165, 1.54) is 43.4 Å². The lowest BCUT2D eigenvalue weighted by Gasteiger charge is -2.27. The van der Waals surface area contributed by atoms with Crippen LogP contribution in [0.4, 0.5) is 0 Å². The number of benzene rings is 1. The summed E-state index contributed by atoms with van der Waals surface area (Å²) >= 11 is 0. The molecule has 1 aromatic carbocycles. The lowest BCUT2D eigenvalue weighted by Crippen LogP contribution is -2.34.